The van der Waals surface area contributed by atoms with Crippen LogP contribution in [0.1, 0.15) is 49.1 Å². The van der Waals surface area contributed by atoms with Crippen LogP contribution in [0.5, 0.6) is 11.5 Å². The largest absolute Gasteiger partial charge is 0.493 e. The zero-order valence-electron chi connectivity index (χ0n) is 19.6. The van der Waals surface area contributed by atoms with E-state index < -0.39 is 5.60 Å². The van der Waals surface area contributed by atoms with Gasteiger partial charge in [0.2, 0.25) is 0 Å². The number of aliphatic hydroxyl groups is 1. The summed E-state index contributed by atoms with van der Waals surface area (Å²) in [6.07, 6.45) is 5.18. The first-order valence-corrected chi connectivity index (χ1v) is 12.1. The molecule has 0 amide bonds. The van der Waals surface area contributed by atoms with Gasteiger partial charge in [-0.15, -0.1) is 0 Å². The van der Waals surface area contributed by atoms with Crippen LogP contribution in [-0.2, 0) is 6.61 Å². The van der Waals surface area contributed by atoms with Crippen molar-refractivity contribution in [2.75, 3.05) is 46.9 Å². The van der Waals surface area contributed by atoms with Crippen LogP contribution in [0.3, 0.4) is 0 Å². The molecule has 0 spiro atoms. The maximum Gasteiger partial charge on any atom is 0.161 e. The molecule has 2 fully saturated rings. The Balaban J connectivity index is 1.55. The fraction of sp³-hybridized carbons (Fsp3) is 0.556. The Morgan fingerprint density at radius 3 is 2.34 bits per heavy atom. The third-order valence-electron chi connectivity index (χ3n) is 7.23. The maximum absolute atomic E-state index is 11.7. The molecular formula is C27H38N2O3. The number of ether oxygens (including phenoxy) is 2. The molecule has 5 heteroatoms. The predicted octanol–water partition coefficient (Wildman–Crippen LogP) is 4.30. The number of hydrogen-bond acceptors (Lipinski definition) is 5. The summed E-state index contributed by atoms with van der Waals surface area (Å²) in [4.78, 5) is 4.90. The molecule has 1 N–H and O–H groups in total. The minimum Gasteiger partial charge on any atom is -0.493 e. The van der Waals surface area contributed by atoms with E-state index in [1.54, 1.807) is 7.11 Å². The minimum atomic E-state index is -0.654. The highest BCUT2D eigenvalue weighted by Crippen LogP contribution is 2.42. The molecule has 1 saturated heterocycles. The molecule has 2 aliphatic rings. The van der Waals surface area contributed by atoms with E-state index >= 15 is 0 Å². The van der Waals surface area contributed by atoms with Crippen molar-refractivity contribution in [3.63, 3.8) is 0 Å². The highest BCUT2D eigenvalue weighted by molar-refractivity contribution is 5.45. The van der Waals surface area contributed by atoms with Crippen molar-refractivity contribution in [3.8, 4) is 11.5 Å². The lowest BCUT2D eigenvalue weighted by atomic mass is 9.72. The topological polar surface area (TPSA) is 45.2 Å². The molecule has 1 atom stereocenters. The average Bonchev–Trinajstić information content (AvgIpc) is 2.83. The van der Waals surface area contributed by atoms with E-state index in [1.807, 2.05) is 24.3 Å². The van der Waals surface area contributed by atoms with Crippen LogP contribution >= 0.6 is 0 Å². The second kappa shape index (κ2) is 10.7. The number of rotatable bonds is 8. The molecular weight excluding hydrogens is 400 g/mol. The van der Waals surface area contributed by atoms with Crippen LogP contribution in [0.25, 0.3) is 0 Å². The second-order valence-corrected chi connectivity index (χ2v) is 9.51. The van der Waals surface area contributed by atoms with E-state index in [-0.39, 0.29) is 5.92 Å². The third-order valence-corrected chi connectivity index (χ3v) is 7.23. The van der Waals surface area contributed by atoms with Gasteiger partial charge in [-0.1, -0.05) is 55.7 Å². The Morgan fingerprint density at radius 2 is 1.66 bits per heavy atom. The summed E-state index contributed by atoms with van der Waals surface area (Å²) >= 11 is 0. The Kier molecular flexibility index (Phi) is 7.71. The summed E-state index contributed by atoms with van der Waals surface area (Å²) in [5, 5.41) is 11.7. The number of likely N-dealkylation sites (N-methyl/N-ethyl adjacent to an activating group) is 1. The van der Waals surface area contributed by atoms with Crippen molar-refractivity contribution < 1.29 is 14.6 Å². The Bertz CT molecular complexity index is 843. The van der Waals surface area contributed by atoms with Crippen LogP contribution in [0.4, 0.5) is 0 Å². The molecule has 174 valence electrons. The van der Waals surface area contributed by atoms with Gasteiger partial charge in [0.25, 0.3) is 0 Å². The molecule has 2 aromatic rings. The zero-order chi connectivity index (χ0) is 22.4. The molecule has 5 nitrogen and oxygen atoms in total. The van der Waals surface area contributed by atoms with E-state index in [2.05, 4.69) is 41.1 Å². The monoisotopic (exact) mass is 438 g/mol. The fourth-order valence-electron chi connectivity index (χ4n) is 5.14. The van der Waals surface area contributed by atoms with Gasteiger partial charge in [0, 0.05) is 38.6 Å². The first-order chi connectivity index (χ1) is 15.6. The third kappa shape index (κ3) is 5.64. The first kappa shape index (κ1) is 23.1. The lowest BCUT2D eigenvalue weighted by molar-refractivity contribution is -0.0337. The molecule has 1 heterocycles. The molecule has 1 aliphatic carbocycles. The summed E-state index contributed by atoms with van der Waals surface area (Å²) in [5.41, 5.74) is 1.62. The summed E-state index contributed by atoms with van der Waals surface area (Å²) < 4.78 is 11.8. The van der Waals surface area contributed by atoms with Gasteiger partial charge in [-0.25, -0.2) is 0 Å². The van der Waals surface area contributed by atoms with E-state index in [1.165, 1.54) is 6.42 Å². The molecule has 1 saturated carbocycles. The van der Waals surface area contributed by atoms with Crippen LogP contribution in [-0.4, -0.2) is 67.4 Å². The van der Waals surface area contributed by atoms with Crippen molar-refractivity contribution >= 4 is 0 Å². The van der Waals surface area contributed by atoms with Crippen LogP contribution in [0.2, 0.25) is 0 Å². The summed E-state index contributed by atoms with van der Waals surface area (Å²) in [6, 6.07) is 16.4. The Hall–Kier alpha value is -2.08. The predicted molar refractivity (Wildman–Crippen MR) is 128 cm³/mol. The number of piperazine rings is 1. The molecule has 2 aromatic carbocycles. The van der Waals surface area contributed by atoms with Crippen LogP contribution < -0.4 is 9.47 Å². The van der Waals surface area contributed by atoms with Gasteiger partial charge >= 0.3 is 0 Å². The molecule has 0 bridgehead atoms. The minimum absolute atomic E-state index is 0.0725. The van der Waals surface area contributed by atoms with E-state index in [0.29, 0.717) is 6.61 Å². The standard InChI is InChI=1S/C27H38N2O3/c1-28-15-17-29(18-16-28)20-24(27(30)13-7-4-8-14-27)23-11-12-25(26(19-23)31-2)32-21-22-9-5-3-6-10-22/h3,5-6,9-12,19,24,30H,4,7-8,13-18,20-21H2,1-2H3. The molecule has 4 rings (SSSR count). The number of nitrogens with zero attached hydrogens (tertiary/aromatic N) is 2. The average molecular weight is 439 g/mol. The quantitative estimate of drug-likeness (QED) is 0.666. The molecule has 1 aliphatic heterocycles. The number of benzene rings is 2. The van der Waals surface area contributed by atoms with Crippen LogP contribution in [0.15, 0.2) is 48.5 Å². The van der Waals surface area contributed by atoms with E-state index in [4.69, 9.17) is 9.47 Å². The van der Waals surface area contributed by atoms with Gasteiger partial charge in [0.15, 0.2) is 11.5 Å². The highest BCUT2D eigenvalue weighted by atomic mass is 16.5. The molecule has 32 heavy (non-hydrogen) atoms. The van der Waals surface area contributed by atoms with Gasteiger partial charge < -0.3 is 24.4 Å². The van der Waals surface area contributed by atoms with Crippen molar-refractivity contribution in [2.45, 2.75) is 50.2 Å². The first-order valence-electron chi connectivity index (χ1n) is 12.1. The van der Waals surface area contributed by atoms with Crippen molar-refractivity contribution in [2.24, 2.45) is 0 Å². The van der Waals surface area contributed by atoms with Gasteiger partial charge in [-0.05, 0) is 43.1 Å². The number of methoxy groups -OCH3 is 1. The van der Waals surface area contributed by atoms with Crippen molar-refractivity contribution in [3.05, 3.63) is 59.7 Å². The fourth-order valence-corrected chi connectivity index (χ4v) is 5.14. The maximum atomic E-state index is 11.7. The van der Waals surface area contributed by atoms with Crippen LogP contribution in [0, 0.1) is 0 Å². The molecule has 1 unspecified atom stereocenters. The number of hydrogen-bond donors (Lipinski definition) is 1. The normalized spacial score (nSPS) is 20.6. The highest BCUT2D eigenvalue weighted by Gasteiger charge is 2.40. The van der Waals surface area contributed by atoms with E-state index in [0.717, 1.165) is 81.0 Å². The van der Waals surface area contributed by atoms with E-state index in [9.17, 15) is 5.11 Å². The summed E-state index contributed by atoms with van der Waals surface area (Å²) in [5.74, 6) is 1.55. The second-order valence-electron chi connectivity index (χ2n) is 9.51. The lowest BCUT2D eigenvalue weighted by Crippen LogP contribution is -2.50. The van der Waals surface area contributed by atoms with Gasteiger partial charge in [0.05, 0.1) is 12.7 Å². The van der Waals surface area contributed by atoms with Gasteiger partial charge in [0.1, 0.15) is 6.61 Å². The Morgan fingerprint density at radius 1 is 0.938 bits per heavy atom. The summed E-state index contributed by atoms with van der Waals surface area (Å²) in [6.45, 7) is 5.67. The van der Waals surface area contributed by atoms with Gasteiger partial charge in [-0.2, -0.15) is 0 Å². The summed E-state index contributed by atoms with van der Waals surface area (Å²) in [7, 11) is 3.88. The lowest BCUT2D eigenvalue weighted by Gasteiger charge is -2.43. The van der Waals surface area contributed by atoms with Gasteiger partial charge in [-0.3, -0.25) is 0 Å². The molecule has 0 aromatic heterocycles. The smallest absolute Gasteiger partial charge is 0.161 e. The molecule has 0 radical (unpaired) electrons. The van der Waals surface area contributed by atoms with Crippen molar-refractivity contribution in [1.29, 1.82) is 0 Å². The zero-order valence-corrected chi connectivity index (χ0v) is 19.6. The Labute approximate surface area is 192 Å². The SMILES string of the molecule is COc1cc(C(CN2CCN(C)CC2)C2(O)CCCCC2)ccc1OCc1ccccc1. The van der Waals surface area contributed by atoms with Crippen molar-refractivity contribution in [1.82, 2.24) is 9.80 Å².